The third-order valence-corrected chi connectivity index (χ3v) is 3.55. The van der Waals surface area contributed by atoms with Crippen molar-refractivity contribution in [3.63, 3.8) is 0 Å². The molecule has 3 rings (SSSR count). The van der Waals surface area contributed by atoms with Crippen LogP contribution in [0.2, 0.25) is 0 Å². The molecule has 6 nitrogen and oxygen atoms in total. The number of amides is 1. The topological polar surface area (TPSA) is 82.8 Å². The lowest BCUT2D eigenvalue weighted by molar-refractivity contribution is -0.00697. The highest BCUT2D eigenvalue weighted by atomic mass is 16.5. The van der Waals surface area contributed by atoms with Crippen LogP contribution < -0.4 is 5.32 Å². The quantitative estimate of drug-likeness (QED) is 0.796. The summed E-state index contributed by atoms with van der Waals surface area (Å²) in [7, 11) is 0. The third kappa shape index (κ3) is 2.34. The maximum absolute atomic E-state index is 12.2. The molecule has 1 amide bonds. The smallest absolute Gasteiger partial charge is 0.272 e. The summed E-state index contributed by atoms with van der Waals surface area (Å²) >= 11 is 0. The number of carbonyl (C=O) groups is 1. The van der Waals surface area contributed by atoms with Gasteiger partial charge in [-0.3, -0.25) is 9.89 Å². The number of hydrogen-bond acceptors (Lipinski definition) is 3. The van der Waals surface area contributed by atoms with Crippen LogP contribution >= 0.6 is 0 Å². The minimum atomic E-state index is -0.154. The van der Waals surface area contributed by atoms with Crippen molar-refractivity contribution in [2.24, 2.45) is 0 Å². The molecule has 0 saturated heterocycles. The van der Waals surface area contributed by atoms with E-state index in [4.69, 9.17) is 4.74 Å². The highest BCUT2D eigenvalue weighted by molar-refractivity contribution is 5.94. The number of carbonyl (C=O) groups excluding carboxylic acids is 1. The fourth-order valence-corrected chi connectivity index (χ4v) is 2.60. The van der Waals surface area contributed by atoms with Gasteiger partial charge in [-0.25, -0.2) is 0 Å². The van der Waals surface area contributed by atoms with E-state index in [2.05, 4.69) is 20.5 Å². The number of H-pyrrole nitrogens is 2. The fourth-order valence-electron chi connectivity index (χ4n) is 2.60. The van der Waals surface area contributed by atoms with Crippen molar-refractivity contribution < 1.29 is 9.53 Å². The van der Waals surface area contributed by atoms with Crippen LogP contribution in [0.4, 0.5) is 0 Å². The molecular weight excluding hydrogens is 256 g/mol. The minimum absolute atomic E-state index is 0.0498. The van der Waals surface area contributed by atoms with Gasteiger partial charge in [-0.1, -0.05) is 0 Å². The van der Waals surface area contributed by atoms with Crippen molar-refractivity contribution in [1.29, 1.82) is 0 Å². The Balaban J connectivity index is 1.75. The Morgan fingerprint density at radius 2 is 2.40 bits per heavy atom. The number of nitrogens with zero attached hydrogens (tertiary/aromatic N) is 1. The van der Waals surface area contributed by atoms with Gasteiger partial charge in [0.1, 0.15) is 0 Å². The van der Waals surface area contributed by atoms with Crippen molar-refractivity contribution in [1.82, 2.24) is 20.5 Å². The molecule has 0 aliphatic carbocycles. The van der Waals surface area contributed by atoms with Gasteiger partial charge in [0.05, 0.1) is 24.4 Å². The van der Waals surface area contributed by atoms with Crippen molar-refractivity contribution in [2.75, 3.05) is 0 Å². The number of aromatic nitrogens is 3. The molecule has 3 N–H and O–H groups in total. The lowest BCUT2D eigenvalue weighted by atomic mass is 9.99. The van der Waals surface area contributed by atoms with E-state index in [1.165, 1.54) is 0 Å². The zero-order valence-corrected chi connectivity index (χ0v) is 11.6. The van der Waals surface area contributed by atoms with Crippen LogP contribution in [0.1, 0.15) is 47.4 Å². The summed E-state index contributed by atoms with van der Waals surface area (Å²) in [5, 5.41) is 9.96. The molecule has 0 saturated carbocycles. The zero-order chi connectivity index (χ0) is 14.1. The summed E-state index contributed by atoms with van der Waals surface area (Å²) in [6.45, 7) is 4.44. The predicted octanol–water partition coefficient (Wildman–Crippen LogP) is 1.69. The first-order valence-corrected chi connectivity index (χ1v) is 6.78. The molecule has 20 heavy (non-hydrogen) atoms. The van der Waals surface area contributed by atoms with Gasteiger partial charge in [0.25, 0.3) is 5.91 Å². The highest BCUT2D eigenvalue weighted by Crippen LogP contribution is 2.29. The summed E-state index contributed by atoms with van der Waals surface area (Å²) in [5.74, 6) is -0.154. The van der Waals surface area contributed by atoms with Gasteiger partial charge < -0.3 is 15.0 Å². The molecule has 0 aromatic carbocycles. The lowest BCUT2D eigenvalue weighted by Crippen LogP contribution is -2.27. The monoisotopic (exact) mass is 274 g/mol. The van der Waals surface area contributed by atoms with E-state index in [9.17, 15) is 4.79 Å². The summed E-state index contributed by atoms with van der Waals surface area (Å²) < 4.78 is 5.72. The molecule has 1 aliphatic heterocycles. The van der Waals surface area contributed by atoms with Crippen LogP contribution in [0, 0.1) is 0 Å². The molecule has 2 aromatic rings. The first-order valence-electron chi connectivity index (χ1n) is 6.78. The van der Waals surface area contributed by atoms with E-state index < -0.39 is 0 Å². The lowest BCUT2D eigenvalue weighted by Gasteiger charge is -2.25. The normalized spacial score (nSPS) is 21.5. The van der Waals surface area contributed by atoms with Crippen LogP contribution in [0.25, 0.3) is 0 Å². The van der Waals surface area contributed by atoms with Gasteiger partial charge in [-0.15, -0.1) is 0 Å². The second-order valence-corrected chi connectivity index (χ2v) is 5.14. The van der Waals surface area contributed by atoms with Crippen LogP contribution in [0.5, 0.6) is 0 Å². The standard InChI is InChI=1S/C14H18N4O2/c1-8-6-11-12(9(2)20-8)17-18-13(11)14(19)16-7-10-4-3-5-15-10/h3-5,8-9,15H,6-7H2,1-2H3,(H,16,19)(H,17,18)/t8-,9+/m1/s1. The first-order chi connectivity index (χ1) is 9.65. The van der Waals surface area contributed by atoms with Gasteiger partial charge in [-0.05, 0) is 26.0 Å². The van der Waals surface area contributed by atoms with Crippen molar-refractivity contribution in [3.05, 3.63) is 41.0 Å². The second kappa shape index (κ2) is 5.13. The molecule has 0 radical (unpaired) electrons. The Morgan fingerprint density at radius 3 is 3.15 bits per heavy atom. The second-order valence-electron chi connectivity index (χ2n) is 5.14. The fraction of sp³-hybridized carbons (Fsp3) is 0.429. The zero-order valence-electron chi connectivity index (χ0n) is 11.6. The largest absolute Gasteiger partial charge is 0.369 e. The molecule has 106 valence electrons. The van der Waals surface area contributed by atoms with E-state index in [1.54, 1.807) is 0 Å². The molecule has 0 bridgehead atoms. The molecule has 2 aromatic heterocycles. The number of rotatable bonds is 3. The van der Waals surface area contributed by atoms with Crippen molar-refractivity contribution >= 4 is 5.91 Å². The average molecular weight is 274 g/mol. The molecule has 0 spiro atoms. The average Bonchev–Trinajstić information content (AvgIpc) is 3.04. The van der Waals surface area contributed by atoms with Gasteiger partial charge in [0, 0.05) is 23.9 Å². The summed E-state index contributed by atoms with van der Waals surface area (Å²) in [6, 6.07) is 3.83. The Morgan fingerprint density at radius 1 is 1.55 bits per heavy atom. The Kier molecular flexibility index (Phi) is 3.31. The number of hydrogen-bond donors (Lipinski definition) is 3. The Hall–Kier alpha value is -2.08. The van der Waals surface area contributed by atoms with Gasteiger partial charge >= 0.3 is 0 Å². The molecule has 0 fully saturated rings. The minimum Gasteiger partial charge on any atom is -0.369 e. The van der Waals surface area contributed by atoms with Crippen molar-refractivity contribution in [2.45, 2.75) is 39.0 Å². The van der Waals surface area contributed by atoms with Crippen LogP contribution in [0.3, 0.4) is 0 Å². The van der Waals surface area contributed by atoms with E-state index in [1.807, 2.05) is 32.2 Å². The molecular formula is C14H18N4O2. The third-order valence-electron chi connectivity index (χ3n) is 3.55. The maximum atomic E-state index is 12.2. The van der Waals surface area contributed by atoms with E-state index >= 15 is 0 Å². The van der Waals surface area contributed by atoms with Crippen LogP contribution in [-0.4, -0.2) is 27.2 Å². The van der Waals surface area contributed by atoms with E-state index in [0.717, 1.165) is 17.0 Å². The van der Waals surface area contributed by atoms with Gasteiger partial charge in [0.15, 0.2) is 5.69 Å². The van der Waals surface area contributed by atoms with Gasteiger partial charge in [0.2, 0.25) is 0 Å². The van der Waals surface area contributed by atoms with E-state index in [0.29, 0.717) is 18.7 Å². The molecule has 0 unspecified atom stereocenters. The van der Waals surface area contributed by atoms with Crippen molar-refractivity contribution in [3.8, 4) is 0 Å². The van der Waals surface area contributed by atoms with Gasteiger partial charge in [-0.2, -0.15) is 5.10 Å². The number of ether oxygens (including phenoxy) is 1. The van der Waals surface area contributed by atoms with E-state index in [-0.39, 0.29) is 18.1 Å². The Labute approximate surface area is 116 Å². The highest BCUT2D eigenvalue weighted by Gasteiger charge is 2.29. The molecule has 3 heterocycles. The Bertz CT molecular complexity index is 603. The molecule has 6 heteroatoms. The van der Waals surface area contributed by atoms with Crippen LogP contribution in [-0.2, 0) is 17.7 Å². The first kappa shape index (κ1) is 12.9. The summed E-state index contributed by atoms with van der Waals surface area (Å²) in [4.78, 5) is 15.3. The SMILES string of the molecule is C[C@@H]1Cc2c(C(=O)NCc3ccc[nH]3)n[nH]c2[C@H](C)O1. The number of fused-ring (bicyclic) bond motifs is 1. The van der Waals surface area contributed by atoms with Crippen LogP contribution in [0.15, 0.2) is 18.3 Å². The summed E-state index contributed by atoms with van der Waals surface area (Å²) in [6.07, 6.45) is 2.59. The maximum Gasteiger partial charge on any atom is 0.272 e. The predicted molar refractivity (Wildman–Crippen MR) is 73.2 cm³/mol. The molecule has 2 atom stereocenters. The summed E-state index contributed by atoms with van der Waals surface area (Å²) in [5.41, 5.74) is 3.33. The number of nitrogens with one attached hydrogen (secondary N) is 3. The molecule has 1 aliphatic rings. The number of aromatic amines is 2.